The Kier molecular flexibility index (Phi) is 5.92. The number of sulfonamides is 1. The number of fused-ring (bicyclic) bond motifs is 1. The van der Waals surface area contributed by atoms with E-state index in [-0.39, 0.29) is 0 Å². The largest absolute Gasteiger partial charge is 0.493 e. The van der Waals surface area contributed by atoms with Gasteiger partial charge in [0.25, 0.3) is 0 Å². The molecule has 0 radical (unpaired) electrons. The highest BCUT2D eigenvalue weighted by Crippen LogP contribution is 2.30. The van der Waals surface area contributed by atoms with Crippen LogP contribution in [0.4, 0.5) is 0 Å². The second kappa shape index (κ2) is 8.44. The van der Waals surface area contributed by atoms with E-state index < -0.39 is 15.6 Å². The van der Waals surface area contributed by atoms with Crippen LogP contribution in [-0.4, -0.2) is 52.3 Å². The molecule has 0 aromatic heterocycles. The van der Waals surface area contributed by atoms with Crippen LogP contribution in [0.2, 0.25) is 0 Å². The minimum absolute atomic E-state index is 0.300. The lowest BCUT2D eigenvalue weighted by atomic mass is 9.96. The Morgan fingerprint density at radius 1 is 1.21 bits per heavy atom. The fraction of sp³-hybridized carbons (Fsp3) is 0.455. The SMILES string of the molecule is COCCC1(NS(=O)(=O)c2ccccc2)CCN(Cc2ccc3c(c2)CCO3)C1. The molecule has 29 heavy (non-hydrogen) atoms. The Hall–Kier alpha value is -1.93. The Morgan fingerprint density at radius 3 is 2.83 bits per heavy atom. The molecule has 0 aliphatic carbocycles. The topological polar surface area (TPSA) is 67.9 Å². The number of rotatable bonds is 8. The Bertz CT molecular complexity index is 949. The van der Waals surface area contributed by atoms with E-state index in [1.54, 1.807) is 31.4 Å². The number of hydrogen-bond donors (Lipinski definition) is 1. The molecule has 6 nitrogen and oxygen atoms in total. The predicted molar refractivity (Wildman–Crippen MR) is 112 cm³/mol. The highest BCUT2D eigenvalue weighted by atomic mass is 32.2. The Morgan fingerprint density at radius 2 is 2.03 bits per heavy atom. The van der Waals surface area contributed by atoms with Crippen molar-refractivity contribution in [1.82, 2.24) is 9.62 Å². The second-order valence-electron chi connectivity index (χ2n) is 7.94. The summed E-state index contributed by atoms with van der Waals surface area (Å²) in [7, 11) is -1.93. The average Bonchev–Trinajstić information content (AvgIpc) is 3.34. The van der Waals surface area contributed by atoms with Crippen LogP contribution in [0.5, 0.6) is 5.75 Å². The van der Waals surface area contributed by atoms with Gasteiger partial charge in [0.1, 0.15) is 5.75 Å². The van der Waals surface area contributed by atoms with Crippen LogP contribution in [0.1, 0.15) is 24.0 Å². The summed E-state index contributed by atoms with van der Waals surface area (Å²) in [6.45, 7) is 3.57. The third kappa shape index (κ3) is 4.64. The van der Waals surface area contributed by atoms with Gasteiger partial charge in [0, 0.05) is 45.3 Å². The number of ether oxygens (including phenoxy) is 2. The fourth-order valence-electron chi connectivity index (χ4n) is 4.27. The maximum Gasteiger partial charge on any atom is 0.241 e. The molecule has 1 saturated heterocycles. The molecule has 2 aromatic carbocycles. The number of nitrogens with zero attached hydrogens (tertiary/aromatic N) is 1. The van der Waals surface area contributed by atoms with Crippen LogP contribution in [-0.2, 0) is 27.7 Å². The van der Waals surface area contributed by atoms with Crippen LogP contribution < -0.4 is 9.46 Å². The van der Waals surface area contributed by atoms with E-state index in [1.165, 1.54) is 11.1 Å². The molecule has 1 fully saturated rings. The molecule has 1 unspecified atom stereocenters. The van der Waals surface area contributed by atoms with Crippen LogP contribution in [0.25, 0.3) is 0 Å². The number of likely N-dealkylation sites (tertiary alicyclic amines) is 1. The van der Waals surface area contributed by atoms with E-state index in [2.05, 4.69) is 21.8 Å². The predicted octanol–water partition coefficient (Wildman–Crippen LogP) is 2.58. The van der Waals surface area contributed by atoms with Crippen molar-refractivity contribution in [3.8, 4) is 5.75 Å². The van der Waals surface area contributed by atoms with Crippen molar-refractivity contribution in [2.24, 2.45) is 0 Å². The summed E-state index contributed by atoms with van der Waals surface area (Å²) in [5.74, 6) is 0.986. The van der Waals surface area contributed by atoms with Gasteiger partial charge in [0.15, 0.2) is 0 Å². The van der Waals surface area contributed by atoms with Crippen molar-refractivity contribution < 1.29 is 17.9 Å². The minimum atomic E-state index is -3.59. The van der Waals surface area contributed by atoms with E-state index in [1.807, 2.05) is 12.1 Å². The van der Waals surface area contributed by atoms with Gasteiger partial charge in [-0.25, -0.2) is 13.1 Å². The van der Waals surface area contributed by atoms with Gasteiger partial charge >= 0.3 is 0 Å². The molecule has 1 N–H and O–H groups in total. The van der Waals surface area contributed by atoms with Gasteiger partial charge < -0.3 is 9.47 Å². The summed E-state index contributed by atoms with van der Waals surface area (Å²) >= 11 is 0. The molecule has 156 valence electrons. The summed E-state index contributed by atoms with van der Waals surface area (Å²) in [6.07, 6.45) is 2.36. The van der Waals surface area contributed by atoms with Gasteiger partial charge in [-0.05, 0) is 42.2 Å². The van der Waals surface area contributed by atoms with Crippen molar-refractivity contribution in [1.29, 1.82) is 0 Å². The summed E-state index contributed by atoms with van der Waals surface area (Å²) in [4.78, 5) is 2.62. The van der Waals surface area contributed by atoms with Gasteiger partial charge in [-0.1, -0.05) is 30.3 Å². The first kappa shape index (κ1) is 20.3. The summed E-state index contributed by atoms with van der Waals surface area (Å²) in [6, 6.07) is 14.9. The molecule has 1 atom stereocenters. The van der Waals surface area contributed by atoms with Crippen molar-refractivity contribution in [2.45, 2.75) is 36.2 Å². The lowest BCUT2D eigenvalue weighted by molar-refractivity contribution is 0.161. The molecular weight excluding hydrogens is 388 g/mol. The van der Waals surface area contributed by atoms with E-state index in [4.69, 9.17) is 9.47 Å². The van der Waals surface area contributed by atoms with E-state index in [9.17, 15) is 8.42 Å². The number of hydrogen-bond acceptors (Lipinski definition) is 5. The normalized spacial score (nSPS) is 21.8. The molecule has 0 saturated carbocycles. The summed E-state index contributed by atoms with van der Waals surface area (Å²) < 4.78 is 39.8. The first-order valence-electron chi connectivity index (χ1n) is 10.0. The van der Waals surface area contributed by atoms with Crippen LogP contribution in [0.15, 0.2) is 53.4 Å². The molecule has 2 aliphatic rings. The van der Waals surface area contributed by atoms with Crippen molar-refractivity contribution >= 4 is 10.0 Å². The number of benzene rings is 2. The average molecular weight is 417 g/mol. The fourth-order valence-corrected chi connectivity index (χ4v) is 5.74. The molecule has 0 bridgehead atoms. The molecule has 2 aromatic rings. The van der Waals surface area contributed by atoms with E-state index in [0.29, 0.717) is 24.5 Å². The molecular formula is C22H28N2O4S. The first-order valence-corrected chi connectivity index (χ1v) is 11.5. The third-order valence-corrected chi connectivity index (χ3v) is 7.38. The molecule has 0 spiro atoms. The van der Waals surface area contributed by atoms with Gasteiger partial charge in [-0.3, -0.25) is 4.90 Å². The highest BCUT2D eigenvalue weighted by Gasteiger charge is 2.41. The van der Waals surface area contributed by atoms with E-state index in [0.717, 1.165) is 38.3 Å². The smallest absolute Gasteiger partial charge is 0.241 e. The van der Waals surface area contributed by atoms with Crippen molar-refractivity contribution in [3.05, 3.63) is 59.7 Å². The van der Waals surface area contributed by atoms with E-state index >= 15 is 0 Å². The zero-order valence-electron chi connectivity index (χ0n) is 16.8. The molecule has 2 heterocycles. The maximum atomic E-state index is 13.0. The molecule has 0 amide bonds. The van der Waals surface area contributed by atoms with Crippen LogP contribution >= 0.6 is 0 Å². The van der Waals surface area contributed by atoms with Crippen LogP contribution in [0.3, 0.4) is 0 Å². The minimum Gasteiger partial charge on any atom is -0.493 e. The van der Waals surface area contributed by atoms with Gasteiger partial charge in [-0.2, -0.15) is 0 Å². The zero-order chi connectivity index (χ0) is 20.3. The third-order valence-electron chi connectivity index (χ3n) is 5.78. The molecule has 4 rings (SSSR count). The lowest BCUT2D eigenvalue weighted by Crippen LogP contribution is -2.50. The quantitative estimate of drug-likeness (QED) is 0.716. The second-order valence-corrected chi connectivity index (χ2v) is 9.63. The van der Waals surface area contributed by atoms with Crippen molar-refractivity contribution in [3.63, 3.8) is 0 Å². The summed E-state index contributed by atoms with van der Waals surface area (Å²) in [5.41, 5.74) is 1.98. The van der Waals surface area contributed by atoms with Gasteiger partial charge in [0.2, 0.25) is 10.0 Å². The standard InChI is InChI=1S/C22H28N2O4S/c1-27-14-11-22(23-29(25,26)20-5-3-2-4-6-20)10-12-24(17-22)16-18-7-8-21-19(15-18)9-13-28-21/h2-8,15,23H,9-14,16-17H2,1H3. The molecule has 7 heteroatoms. The Labute approximate surface area is 172 Å². The first-order chi connectivity index (χ1) is 14.0. The number of methoxy groups -OCH3 is 1. The van der Waals surface area contributed by atoms with Crippen LogP contribution in [0, 0.1) is 0 Å². The van der Waals surface area contributed by atoms with Gasteiger partial charge in [0.05, 0.1) is 11.5 Å². The monoisotopic (exact) mass is 416 g/mol. The van der Waals surface area contributed by atoms with Crippen molar-refractivity contribution in [2.75, 3.05) is 33.4 Å². The lowest BCUT2D eigenvalue weighted by Gasteiger charge is -2.30. The highest BCUT2D eigenvalue weighted by molar-refractivity contribution is 7.89. The number of nitrogens with one attached hydrogen (secondary N) is 1. The zero-order valence-corrected chi connectivity index (χ0v) is 17.6. The Balaban J connectivity index is 1.49. The van der Waals surface area contributed by atoms with Gasteiger partial charge in [-0.15, -0.1) is 0 Å². The molecule has 2 aliphatic heterocycles. The maximum absolute atomic E-state index is 13.0. The summed E-state index contributed by atoms with van der Waals surface area (Å²) in [5, 5.41) is 0.